The van der Waals surface area contributed by atoms with Gasteiger partial charge in [-0.2, -0.15) is 0 Å². The molecule has 0 fully saturated rings. The molecule has 18 heavy (non-hydrogen) atoms. The molecule has 0 atom stereocenters. The molecular weight excluding hydrogens is 226 g/mol. The van der Waals surface area contributed by atoms with Crippen molar-refractivity contribution in [3.63, 3.8) is 0 Å². The average molecular weight is 245 g/mol. The lowest BCUT2D eigenvalue weighted by atomic mass is 9.75. The second kappa shape index (κ2) is 3.67. The van der Waals surface area contributed by atoms with Crippen LogP contribution in [0.5, 0.6) is 0 Å². The van der Waals surface area contributed by atoms with E-state index in [1.54, 1.807) is 24.3 Å². The quantitative estimate of drug-likeness (QED) is 0.713. The summed E-state index contributed by atoms with van der Waals surface area (Å²) in [5.41, 5.74) is 0.320. The highest BCUT2D eigenvalue weighted by atomic mass is 16.2. The van der Waals surface area contributed by atoms with E-state index in [0.717, 1.165) is 0 Å². The molecule has 0 unspecified atom stereocenters. The number of nitrogens with zero attached hydrogens (tertiary/aromatic N) is 1. The van der Waals surface area contributed by atoms with E-state index >= 15 is 0 Å². The Hall–Kier alpha value is -1.64. The molecule has 1 aliphatic rings. The van der Waals surface area contributed by atoms with Crippen LogP contribution >= 0.6 is 0 Å². The Kier molecular flexibility index (Phi) is 2.61. The number of carbonyl (C=O) groups is 2. The summed E-state index contributed by atoms with van der Waals surface area (Å²) < 4.78 is 0. The van der Waals surface area contributed by atoms with Crippen LogP contribution in [-0.4, -0.2) is 22.3 Å². The lowest BCUT2D eigenvalue weighted by Gasteiger charge is -2.44. The van der Waals surface area contributed by atoms with Crippen molar-refractivity contribution in [1.82, 2.24) is 4.90 Å². The van der Waals surface area contributed by atoms with Crippen molar-refractivity contribution >= 4 is 11.8 Å². The number of amides is 2. The zero-order valence-corrected chi connectivity index (χ0v) is 11.6. The maximum absolute atomic E-state index is 12.4. The molecule has 0 bridgehead atoms. The van der Waals surface area contributed by atoms with Crippen LogP contribution in [0.2, 0.25) is 0 Å². The number of hydrogen-bond acceptors (Lipinski definition) is 2. The molecule has 0 radical (unpaired) electrons. The van der Waals surface area contributed by atoms with Gasteiger partial charge in [-0.1, -0.05) is 32.9 Å². The minimum atomic E-state index is -0.528. The smallest absolute Gasteiger partial charge is 0.262 e. The molecule has 0 saturated carbocycles. The maximum atomic E-state index is 12.4. The second-order valence-corrected chi connectivity index (χ2v) is 6.30. The van der Waals surface area contributed by atoms with Gasteiger partial charge >= 0.3 is 0 Å². The predicted octanol–water partition coefficient (Wildman–Crippen LogP) is 3.11. The molecule has 0 aliphatic carbocycles. The molecule has 1 aromatic rings. The van der Waals surface area contributed by atoms with E-state index in [1.165, 1.54) is 4.90 Å². The van der Waals surface area contributed by atoms with Crippen LogP contribution < -0.4 is 0 Å². The normalized spacial score (nSPS) is 16.2. The zero-order valence-electron chi connectivity index (χ0n) is 11.6. The van der Waals surface area contributed by atoms with Crippen molar-refractivity contribution in [1.29, 1.82) is 0 Å². The van der Waals surface area contributed by atoms with Gasteiger partial charge in [0.25, 0.3) is 11.8 Å². The molecule has 2 amide bonds. The summed E-state index contributed by atoms with van der Waals surface area (Å²) in [6, 6.07) is 7.01. The van der Waals surface area contributed by atoms with Crippen molar-refractivity contribution in [2.75, 3.05) is 0 Å². The van der Waals surface area contributed by atoms with Gasteiger partial charge in [-0.3, -0.25) is 14.5 Å². The summed E-state index contributed by atoms with van der Waals surface area (Å²) in [5, 5.41) is 0. The Labute approximate surface area is 108 Å². The molecule has 1 aliphatic heterocycles. The fraction of sp³-hybridized carbons (Fsp3) is 0.467. The minimum Gasteiger partial charge on any atom is -0.269 e. The van der Waals surface area contributed by atoms with Crippen molar-refractivity contribution in [3.8, 4) is 0 Å². The molecule has 3 nitrogen and oxygen atoms in total. The van der Waals surface area contributed by atoms with Gasteiger partial charge in [-0.25, -0.2) is 0 Å². The maximum Gasteiger partial charge on any atom is 0.262 e. The Morgan fingerprint density at radius 3 is 1.56 bits per heavy atom. The number of carbonyl (C=O) groups excluding carboxylic acids is 2. The number of benzene rings is 1. The Morgan fingerprint density at radius 2 is 1.22 bits per heavy atom. The highest BCUT2D eigenvalue weighted by molar-refractivity contribution is 6.21. The first kappa shape index (κ1) is 12.8. The van der Waals surface area contributed by atoms with Crippen molar-refractivity contribution in [3.05, 3.63) is 35.4 Å². The summed E-state index contributed by atoms with van der Waals surface area (Å²) in [6.07, 6.45) is 0. The monoisotopic (exact) mass is 245 g/mol. The molecule has 0 N–H and O–H groups in total. The molecule has 0 spiro atoms. The molecule has 1 aromatic carbocycles. The number of hydrogen-bond donors (Lipinski definition) is 0. The van der Waals surface area contributed by atoms with Gasteiger partial charge < -0.3 is 0 Å². The van der Waals surface area contributed by atoms with Gasteiger partial charge in [0.1, 0.15) is 0 Å². The molecule has 2 rings (SSSR count). The summed E-state index contributed by atoms with van der Waals surface area (Å²) in [7, 11) is 0. The van der Waals surface area contributed by atoms with Gasteiger partial charge in [-0.05, 0) is 31.4 Å². The summed E-state index contributed by atoms with van der Waals surface area (Å²) >= 11 is 0. The van der Waals surface area contributed by atoms with Crippen LogP contribution in [0.25, 0.3) is 0 Å². The van der Waals surface area contributed by atoms with Crippen LogP contribution in [0.4, 0.5) is 0 Å². The van der Waals surface area contributed by atoms with E-state index in [-0.39, 0.29) is 17.2 Å². The molecule has 0 saturated heterocycles. The molecule has 0 aromatic heterocycles. The first-order chi connectivity index (χ1) is 8.18. The van der Waals surface area contributed by atoms with E-state index in [9.17, 15) is 9.59 Å². The van der Waals surface area contributed by atoms with Crippen LogP contribution in [0.1, 0.15) is 55.3 Å². The molecule has 96 valence electrons. The van der Waals surface area contributed by atoms with Gasteiger partial charge in [0.15, 0.2) is 0 Å². The van der Waals surface area contributed by atoms with Crippen LogP contribution in [0.15, 0.2) is 24.3 Å². The number of imide groups is 1. The Balaban J connectivity index is 2.53. The van der Waals surface area contributed by atoms with Gasteiger partial charge in [-0.15, -0.1) is 0 Å². The lowest BCUT2D eigenvalue weighted by molar-refractivity contribution is 0.0220. The predicted molar refractivity (Wildman–Crippen MR) is 70.5 cm³/mol. The van der Waals surface area contributed by atoms with Gasteiger partial charge in [0.2, 0.25) is 0 Å². The first-order valence-electron chi connectivity index (χ1n) is 6.16. The summed E-state index contributed by atoms with van der Waals surface area (Å²) in [4.78, 5) is 26.2. The van der Waals surface area contributed by atoms with Crippen molar-refractivity contribution < 1.29 is 9.59 Å². The molecular formula is C15H19NO2. The highest BCUT2D eigenvalue weighted by Crippen LogP contribution is 2.39. The van der Waals surface area contributed by atoms with Crippen molar-refractivity contribution in [2.24, 2.45) is 5.41 Å². The van der Waals surface area contributed by atoms with E-state index < -0.39 is 5.54 Å². The third-order valence-electron chi connectivity index (χ3n) is 4.19. The zero-order chi connectivity index (χ0) is 13.7. The molecule has 3 heteroatoms. The highest BCUT2D eigenvalue weighted by Gasteiger charge is 2.49. The third kappa shape index (κ3) is 1.57. The minimum absolute atomic E-state index is 0.180. The molecule has 1 heterocycles. The number of rotatable bonds is 1. The largest absolute Gasteiger partial charge is 0.269 e. The van der Waals surface area contributed by atoms with E-state index in [1.807, 2.05) is 34.6 Å². The fourth-order valence-corrected chi connectivity index (χ4v) is 2.03. The summed E-state index contributed by atoms with van der Waals surface area (Å²) in [6.45, 7) is 9.99. The second-order valence-electron chi connectivity index (χ2n) is 6.30. The van der Waals surface area contributed by atoms with E-state index in [0.29, 0.717) is 11.1 Å². The average Bonchev–Trinajstić information content (AvgIpc) is 2.51. The van der Waals surface area contributed by atoms with Gasteiger partial charge in [0.05, 0.1) is 16.7 Å². The van der Waals surface area contributed by atoms with E-state index in [2.05, 4.69) is 0 Å². The third-order valence-corrected chi connectivity index (χ3v) is 4.19. The van der Waals surface area contributed by atoms with Gasteiger partial charge in [0, 0.05) is 0 Å². The van der Waals surface area contributed by atoms with Crippen LogP contribution in [-0.2, 0) is 0 Å². The number of fused-ring (bicyclic) bond motifs is 1. The SMILES string of the molecule is CC(C)(C)C(C)(C)N1C(=O)c2ccccc2C1=O. The van der Waals surface area contributed by atoms with Crippen molar-refractivity contribution in [2.45, 2.75) is 40.2 Å². The first-order valence-corrected chi connectivity index (χ1v) is 6.16. The van der Waals surface area contributed by atoms with E-state index in [4.69, 9.17) is 0 Å². The van der Waals surface area contributed by atoms with Crippen LogP contribution in [0.3, 0.4) is 0 Å². The summed E-state index contributed by atoms with van der Waals surface area (Å²) in [5.74, 6) is -0.369. The fourth-order valence-electron chi connectivity index (χ4n) is 2.03. The van der Waals surface area contributed by atoms with Crippen LogP contribution in [0, 0.1) is 5.41 Å². The topological polar surface area (TPSA) is 37.4 Å². The Bertz CT molecular complexity index is 489. The standard InChI is InChI=1S/C15H19NO2/c1-14(2,3)15(4,5)16-12(17)10-8-6-7-9-11(10)13(16)18/h6-9H,1-5H3. The lowest BCUT2D eigenvalue weighted by Crippen LogP contribution is -2.55. The Morgan fingerprint density at radius 1 is 0.833 bits per heavy atom.